The summed E-state index contributed by atoms with van der Waals surface area (Å²) >= 11 is 1.86. The molecule has 0 aliphatic heterocycles. The maximum atomic E-state index is 2.38. The summed E-state index contributed by atoms with van der Waals surface area (Å²) in [7, 11) is 0. The van der Waals surface area contributed by atoms with E-state index in [4.69, 9.17) is 0 Å². The Bertz CT molecular complexity index is 3150. The fourth-order valence-corrected chi connectivity index (χ4v) is 10.3. The molecule has 0 unspecified atom stereocenters. The van der Waals surface area contributed by atoms with Crippen molar-refractivity contribution in [3.63, 3.8) is 0 Å². The summed E-state index contributed by atoms with van der Waals surface area (Å²) in [5.41, 5.74) is 18.6. The molecule has 1 nitrogen and oxygen atoms in total. The summed E-state index contributed by atoms with van der Waals surface area (Å²) in [5, 5.41) is 2.65. The van der Waals surface area contributed by atoms with Gasteiger partial charge in [-0.3, -0.25) is 0 Å². The smallest absolute Gasteiger partial charge is 0.0467 e. The number of hydrogen-bond donors (Lipinski definition) is 0. The van der Waals surface area contributed by atoms with Crippen LogP contribution in [-0.4, -0.2) is 0 Å². The van der Waals surface area contributed by atoms with Crippen LogP contribution in [0.25, 0.3) is 75.8 Å². The largest absolute Gasteiger partial charge is 0.310 e. The zero-order valence-electron chi connectivity index (χ0n) is 33.1. The van der Waals surface area contributed by atoms with E-state index in [0.29, 0.717) is 0 Å². The van der Waals surface area contributed by atoms with Crippen LogP contribution in [-0.2, 0) is 5.41 Å². The fraction of sp³-hybridized carbons (Fsp3) is 0.0526. The van der Waals surface area contributed by atoms with Crippen molar-refractivity contribution in [2.24, 2.45) is 0 Å². The molecule has 1 aliphatic rings. The molecule has 0 saturated carbocycles. The number of fused-ring (bicyclic) bond motifs is 6. The molecule has 59 heavy (non-hydrogen) atoms. The quantitative estimate of drug-likeness (QED) is 0.156. The van der Waals surface area contributed by atoms with Gasteiger partial charge in [-0.15, -0.1) is 11.3 Å². The molecule has 280 valence electrons. The van der Waals surface area contributed by atoms with Gasteiger partial charge in [-0.05, 0) is 121 Å². The minimum atomic E-state index is 0.0139. The molecule has 0 bridgehead atoms. The van der Waals surface area contributed by atoms with Crippen LogP contribution in [0.4, 0.5) is 17.1 Å². The normalized spacial score (nSPS) is 12.7. The van der Waals surface area contributed by atoms with Crippen molar-refractivity contribution in [3.05, 3.63) is 223 Å². The lowest BCUT2D eigenvalue weighted by atomic mass is 9.82. The van der Waals surface area contributed by atoms with Crippen molar-refractivity contribution in [2.45, 2.75) is 19.3 Å². The second kappa shape index (κ2) is 14.1. The summed E-state index contributed by atoms with van der Waals surface area (Å²) < 4.78 is 2.65. The van der Waals surface area contributed by atoms with Gasteiger partial charge in [0, 0.05) is 42.6 Å². The first-order chi connectivity index (χ1) is 29.0. The van der Waals surface area contributed by atoms with Gasteiger partial charge in [0.1, 0.15) is 0 Å². The summed E-state index contributed by atoms with van der Waals surface area (Å²) in [5.74, 6) is 0. The molecule has 0 radical (unpaired) electrons. The molecule has 10 aromatic rings. The van der Waals surface area contributed by atoms with Gasteiger partial charge in [-0.1, -0.05) is 172 Å². The van der Waals surface area contributed by atoms with E-state index >= 15 is 0 Å². The van der Waals surface area contributed by atoms with Gasteiger partial charge < -0.3 is 4.90 Å². The van der Waals surface area contributed by atoms with Crippen LogP contribution in [0.1, 0.15) is 25.0 Å². The second-order valence-electron chi connectivity index (χ2n) is 16.2. The van der Waals surface area contributed by atoms with Crippen LogP contribution in [0.15, 0.2) is 212 Å². The van der Waals surface area contributed by atoms with Gasteiger partial charge >= 0.3 is 0 Å². The van der Waals surface area contributed by atoms with Gasteiger partial charge in [0.05, 0.1) is 0 Å². The van der Waals surface area contributed by atoms with Gasteiger partial charge in [-0.25, -0.2) is 0 Å². The van der Waals surface area contributed by atoms with E-state index in [1.165, 1.54) is 86.9 Å². The lowest BCUT2D eigenvalue weighted by molar-refractivity contribution is 0.660. The Hall–Kier alpha value is -7.00. The molecule has 1 aromatic heterocycles. The Morgan fingerprint density at radius 3 is 1.54 bits per heavy atom. The Kier molecular flexibility index (Phi) is 8.43. The first-order valence-corrected chi connectivity index (χ1v) is 21.2. The summed E-state index contributed by atoms with van der Waals surface area (Å²) in [4.78, 5) is 2.37. The highest BCUT2D eigenvalue weighted by molar-refractivity contribution is 7.25. The third-order valence-corrected chi connectivity index (χ3v) is 13.4. The Labute approximate surface area is 350 Å². The van der Waals surface area contributed by atoms with Crippen LogP contribution in [0, 0.1) is 0 Å². The Morgan fingerprint density at radius 2 is 0.814 bits per heavy atom. The molecule has 0 spiro atoms. The number of nitrogens with zero attached hydrogens (tertiary/aromatic N) is 1. The summed E-state index contributed by atoms with van der Waals surface area (Å²) in [6, 6.07) is 78.0. The average molecular weight is 772 g/mol. The van der Waals surface area contributed by atoms with Crippen molar-refractivity contribution in [1.82, 2.24) is 0 Å². The SMILES string of the molecule is CC1(C)c2ccccc2-c2cc(-c3ccc(-c4ccc(N(c5ccc(-c6ccc7c(c6)sc6ccccc67)cc5)c5cccc(-c6ccccc6)c5)cc4)cc3)ccc21. The molecule has 0 fully saturated rings. The van der Waals surface area contributed by atoms with E-state index in [-0.39, 0.29) is 5.41 Å². The molecule has 0 amide bonds. The molecule has 2 heteroatoms. The van der Waals surface area contributed by atoms with Crippen LogP contribution < -0.4 is 4.90 Å². The number of benzene rings is 9. The molecule has 1 aliphatic carbocycles. The van der Waals surface area contributed by atoms with Crippen molar-refractivity contribution in [3.8, 4) is 55.6 Å². The third kappa shape index (κ3) is 6.16. The molecule has 11 rings (SSSR count). The summed E-state index contributed by atoms with van der Waals surface area (Å²) in [6.45, 7) is 4.67. The van der Waals surface area contributed by atoms with Crippen LogP contribution in [0.3, 0.4) is 0 Å². The van der Waals surface area contributed by atoms with E-state index in [9.17, 15) is 0 Å². The van der Waals surface area contributed by atoms with Crippen molar-refractivity contribution >= 4 is 48.6 Å². The lowest BCUT2D eigenvalue weighted by Crippen LogP contribution is -2.14. The van der Waals surface area contributed by atoms with Crippen molar-refractivity contribution in [1.29, 1.82) is 0 Å². The second-order valence-corrected chi connectivity index (χ2v) is 17.2. The highest BCUT2D eigenvalue weighted by Crippen LogP contribution is 2.49. The molecule has 9 aromatic carbocycles. The zero-order valence-corrected chi connectivity index (χ0v) is 33.9. The monoisotopic (exact) mass is 771 g/mol. The first kappa shape index (κ1) is 35.2. The molecule has 0 saturated heterocycles. The molecular formula is C57H41NS. The van der Waals surface area contributed by atoms with Crippen molar-refractivity contribution in [2.75, 3.05) is 4.90 Å². The highest BCUT2D eigenvalue weighted by atomic mass is 32.1. The Balaban J connectivity index is 0.914. The van der Waals surface area contributed by atoms with E-state index in [1.807, 2.05) is 11.3 Å². The number of rotatable bonds is 7. The predicted octanol–water partition coefficient (Wildman–Crippen LogP) is 16.5. The maximum absolute atomic E-state index is 2.38. The third-order valence-electron chi connectivity index (χ3n) is 12.3. The number of hydrogen-bond acceptors (Lipinski definition) is 2. The predicted molar refractivity (Wildman–Crippen MR) is 253 cm³/mol. The topological polar surface area (TPSA) is 3.24 Å². The molecule has 1 heterocycles. The number of anilines is 3. The van der Waals surface area contributed by atoms with Gasteiger partial charge in [0.15, 0.2) is 0 Å². The first-order valence-electron chi connectivity index (χ1n) is 20.4. The molecule has 0 atom stereocenters. The van der Waals surface area contributed by atoms with Gasteiger partial charge in [0.2, 0.25) is 0 Å². The molecule has 0 N–H and O–H groups in total. The Morgan fingerprint density at radius 1 is 0.322 bits per heavy atom. The maximum Gasteiger partial charge on any atom is 0.0467 e. The van der Waals surface area contributed by atoms with Crippen LogP contribution >= 0.6 is 11.3 Å². The van der Waals surface area contributed by atoms with Crippen LogP contribution in [0.2, 0.25) is 0 Å². The molecular weight excluding hydrogens is 731 g/mol. The minimum Gasteiger partial charge on any atom is -0.310 e. The van der Waals surface area contributed by atoms with Gasteiger partial charge in [-0.2, -0.15) is 0 Å². The minimum absolute atomic E-state index is 0.0139. The van der Waals surface area contributed by atoms with Crippen molar-refractivity contribution < 1.29 is 0 Å². The van der Waals surface area contributed by atoms with Gasteiger partial charge in [0.25, 0.3) is 0 Å². The highest BCUT2D eigenvalue weighted by Gasteiger charge is 2.35. The van der Waals surface area contributed by atoms with E-state index < -0.39 is 0 Å². The van der Waals surface area contributed by atoms with Crippen LogP contribution in [0.5, 0.6) is 0 Å². The van der Waals surface area contributed by atoms with E-state index in [0.717, 1.165) is 17.1 Å². The summed E-state index contributed by atoms with van der Waals surface area (Å²) in [6.07, 6.45) is 0. The number of thiophene rings is 1. The standard InChI is InChI=1S/C57H41NS/c1-57(2)53-17-8-6-15-49(53)52-36-44(28-34-54(52)57)41-21-19-39(20-22-41)40-23-29-46(30-24-40)58(48-14-10-13-43(35-48)38-11-4-3-5-12-38)47-31-25-42(26-32-47)45-27-33-51-50-16-7-9-18-55(50)59-56(51)37-45/h3-37H,1-2H3. The lowest BCUT2D eigenvalue weighted by Gasteiger charge is -2.26. The average Bonchev–Trinajstić information content (AvgIpc) is 3.78. The zero-order chi connectivity index (χ0) is 39.5. The fourth-order valence-electron chi connectivity index (χ4n) is 9.17. The van der Waals surface area contributed by atoms with E-state index in [2.05, 4.69) is 231 Å². The van der Waals surface area contributed by atoms with E-state index in [1.54, 1.807) is 0 Å².